The summed E-state index contributed by atoms with van der Waals surface area (Å²) in [5, 5.41) is 9.18. The molecule has 1 aromatic carbocycles. The van der Waals surface area contributed by atoms with Gasteiger partial charge in [0.25, 0.3) is 5.56 Å². The predicted octanol–water partition coefficient (Wildman–Crippen LogP) is 2.20. The molecule has 0 atom stereocenters. The van der Waals surface area contributed by atoms with Crippen molar-refractivity contribution in [3.05, 3.63) is 63.4 Å². The molecule has 3 aromatic rings. The number of nitrogens with zero attached hydrogens (tertiary/aromatic N) is 3. The maximum absolute atomic E-state index is 13.3. The fourth-order valence-corrected chi connectivity index (χ4v) is 3.89. The predicted molar refractivity (Wildman–Crippen MR) is 107 cm³/mol. The smallest absolute Gasteiger partial charge is 0.341 e. The lowest BCUT2D eigenvalue weighted by Gasteiger charge is -2.16. The number of benzene rings is 1. The van der Waals surface area contributed by atoms with Crippen molar-refractivity contribution in [3.8, 4) is 11.4 Å². The van der Waals surface area contributed by atoms with Gasteiger partial charge in [-0.15, -0.1) is 0 Å². The zero-order valence-corrected chi connectivity index (χ0v) is 15.8. The van der Waals surface area contributed by atoms with Crippen molar-refractivity contribution in [1.82, 2.24) is 14.1 Å². The van der Waals surface area contributed by atoms with Gasteiger partial charge in [0, 0.05) is 18.8 Å². The monoisotopic (exact) mass is 395 g/mol. The van der Waals surface area contributed by atoms with Crippen LogP contribution < -0.4 is 16.0 Å². The molecule has 1 N–H and O–H groups in total. The van der Waals surface area contributed by atoms with E-state index in [1.54, 1.807) is 36.4 Å². The summed E-state index contributed by atoms with van der Waals surface area (Å²) < 4.78 is 7.92. The van der Waals surface area contributed by atoms with Crippen molar-refractivity contribution in [1.29, 1.82) is 0 Å². The van der Waals surface area contributed by atoms with E-state index in [1.165, 1.54) is 15.3 Å². The van der Waals surface area contributed by atoms with E-state index in [0.29, 0.717) is 29.3 Å². The second kappa shape index (κ2) is 7.90. The Balaban J connectivity index is 1.87. The molecule has 0 bridgehead atoms. The number of rotatable bonds is 6. The van der Waals surface area contributed by atoms with Gasteiger partial charge in [0.2, 0.25) is 0 Å². The van der Waals surface area contributed by atoms with Crippen molar-refractivity contribution in [3.63, 3.8) is 0 Å². The largest absolute Gasteiger partial charge is 0.482 e. The Bertz CT molecular complexity index is 1170. The molecule has 8 nitrogen and oxygen atoms in total. The van der Waals surface area contributed by atoms with E-state index < -0.39 is 18.3 Å². The first-order valence-corrected chi connectivity index (χ1v) is 9.60. The fourth-order valence-electron chi connectivity index (χ4n) is 3.89. The standard InChI is InChI=1S/C21H21N3O5/c25-18(26)13-29-16-8-3-7-15(11-16)24-19-17(9-4-10-22-19)20(27)23(21(24)28)12-14-5-1-2-6-14/h3-4,7-11,14H,1-2,5-6,12-13H2,(H,25,26). The third kappa shape index (κ3) is 3.78. The highest BCUT2D eigenvalue weighted by Gasteiger charge is 2.21. The molecule has 29 heavy (non-hydrogen) atoms. The number of ether oxygens (including phenoxy) is 1. The van der Waals surface area contributed by atoms with E-state index in [-0.39, 0.29) is 11.2 Å². The van der Waals surface area contributed by atoms with Gasteiger partial charge in [-0.05, 0) is 43.0 Å². The van der Waals surface area contributed by atoms with Crippen LogP contribution in [0.2, 0.25) is 0 Å². The van der Waals surface area contributed by atoms with Crippen LogP contribution in [0.15, 0.2) is 52.2 Å². The molecule has 1 aliphatic carbocycles. The van der Waals surface area contributed by atoms with E-state index in [1.807, 2.05) is 0 Å². The first-order valence-electron chi connectivity index (χ1n) is 9.60. The van der Waals surface area contributed by atoms with Gasteiger partial charge in [-0.3, -0.25) is 9.36 Å². The first-order chi connectivity index (χ1) is 14.0. The minimum absolute atomic E-state index is 0.264. The van der Waals surface area contributed by atoms with Crippen LogP contribution in [0.5, 0.6) is 5.75 Å². The summed E-state index contributed by atoms with van der Waals surface area (Å²) in [7, 11) is 0. The van der Waals surface area contributed by atoms with Crippen molar-refractivity contribution < 1.29 is 14.6 Å². The van der Waals surface area contributed by atoms with Gasteiger partial charge < -0.3 is 9.84 Å². The van der Waals surface area contributed by atoms with Crippen LogP contribution in [0.4, 0.5) is 0 Å². The normalized spacial score (nSPS) is 14.3. The summed E-state index contributed by atoms with van der Waals surface area (Å²) in [6.07, 6.45) is 5.78. The highest BCUT2D eigenvalue weighted by Crippen LogP contribution is 2.25. The summed E-state index contributed by atoms with van der Waals surface area (Å²) in [5.41, 5.74) is -0.0645. The second-order valence-electron chi connectivity index (χ2n) is 7.24. The van der Waals surface area contributed by atoms with Gasteiger partial charge >= 0.3 is 11.7 Å². The quantitative estimate of drug-likeness (QED) is 0.686. The SMILES string of the molecule is O=C(O)COc1cccc(-n2c(=O)n(CC3CCCC3)c(=O)c3cccnc32)c1. The van der Waals surface area contributed by atoms with Crippen molar-refractivity contribution >= 4 is 17.0 Å². The zero-order chi connectivity index (χ0) is 20.4. The molecule has 4 rings (SSSR count). The molecule has 1 fully saturated rings. The topological polar surface area (TPSA) is 103 Å². The lowest BCUT2D eigenvalue weighted by molar-refractivity contribution is -0.139. The van der Waals surface area contributed by atoms with Crippen LogP contribution in [0.25, 0.3) is 16.7 Å². The molecular weight excluding hydrogens is 374 g/mol. The van der Waals surface area contributed by atoms with Crippen molar-refractivity contribution in [2.75, 3.05) is 6.61 Å². The Hall–Kier alpha value is -3.42. The molecule has 0 amide bonds. The number of hydrogen-bond acceptors (Lipinski definition) is 5. The molecule has 0 aliphatic heterocycles. The highest BCUT2D eigenvalue weighted by molar-refractivity contribution is 5.75. The van der Waals surface area contributed by atoms with E-state index in [4.69, 9.17) is 9.84 Å². The molecule has 0 radical (unpaired) electrons. The second-order valence-corrected chi connectivity index (χ2v) is 7.24. The Kier molecular flexibility index (Phi) is 5.16. The number of fused-ring (bicyclic) bond motifs is 1. The number of hydrogen-bond donors (Lipinski definition) is 1. The molecular formula is C21H21N3O5. The lowest BCUT2D eigenvalue weighted by atomic mass is 10.1. The van der Waals surface area contributed by atoms with Gasteiger partial charge in [0.15, 0.2) is 12.3 Å². The van der Waals surface area contributed by atoms with Crippen LogP contribution >= 0.6 is 0 Å². The third-order valence-electron chi connectivity index (χ3n) is 5.25. The van der Waals surface area contributed by atoms with Crippen molar-refractivity contribution in [2.45, 2.75) is 32.2 Å². The van der Waals surface area contributed by atoms with Gasteiger partial charge in [0.1, 0.15) is 5.75 Å². The average Bonchev–Trinajstić information content (AvgIpc) is 3.23. The number of carboxylic acids is 1. The van der Waals surface area contributed by atoms with Gasteiger partial charge in [0.05, 0.1) is 11.1 Å². The number of aromatic nitrogens is 3. The van der Waals surface area contributed by atoms with Gasteiger partial charge in [-0.2, -0.15) is 0 Å². The number of carbonyl (C=O) groups is 1. The van der Waals surface area contributed by atoms with Crippen LogP contribution in [-0.2, 0) is 11.3 Å². The summed E-state index contributed by atoms with van der Waals surface area (Å²) in [4.78, 5) is 41.4. The Morgan fingerprint density at radius 1 is 1.17 bits per heavy atom. The van der Waals surface area contributed by atoms with Crippen molar-refractivity contribution in [2.24, 2.45) is 5.92 Å². The van der Waals surface area contributed by atoms with E-state index in [0.717, 1.165) is 25.7 Å². The summed E-state index contributed by atoms with van der Waals surface area (Å²) >= 11 is 0. The average molecular weight is 395 g/mol. The number of pyridine rings is 1. The Labute approximate surface area is 166 Å². The maximum Gasteiger partial charge on any atom is 0.341 e. The molecule has 2 heterocycles. The lowest BCUT2D eigenvalue weighted by Crippen LogP contribution is -2.41. The summed E-state index contributed by atoms with van der Waals surface area (Å²) in [6, 6.07) is 9.89. The van der Waals surface area contributed by atoms with E-state index in [9.17, 15) is 14.4 Å². The fraction of sp³-hybridized carbons (Fsp3) is 0.333. The van der Waals surface area contributed by atoms with Crippen LogP contribution in [0, 0.1) is 5.92 Å². The summed E-state index contributed by atoms with van der Waals surface area (Å²) in [6.45, 7) is -0.101. The molecule has 150 valence electrons. The van der Waals surface area contributed by atoms with Gasteiger partial charge in [-0.25, -0.2) is 19.1 Å². The minimum Gasteiger partial charge on any atom is -0.482 e. The van der Waals surface area contributed by atoms with E-state index >= 15 is 0 Å². The zero-order valence-electron chi connectivity index (χ0n) is 15.8. The van der Waals surface area contributed by atoms with Crippen LogP contribution in [0.3, 0.4) is 0 Å². The molecule has 0 unspecified atom stereocenters. The van der Waals surface area contributed by atoms with E-state index in [2.05, 4.69) is 4.98 Å². The molecule has 2 aromatic heterocycles. The Morgan fingerprint density at radius 3 is 2.72 bits per heavy atom. The van der Waals surface area contributed by atoms with Gasteiger partial charge in [-0.1, -0.05) is 18.9 Å². The molecule has 8 heteroatoms. The third-order valence-corrected chi connectivity index (χ3v) is 5.25. The molecule has 1 saturated carbocycles. The highest BCUT2D eigenvalue weighted by atomic mass is 16.5. The summed E-state index contributed by atoms with van der Waals surface area (Å²) in [5.74, 6) is -0.465. The van der Waals surface area contributed by atoms with Crippen LogP contribution in [-0.4, -0.2) is 31.8 Å². The molecule has 0 saturated heterocycles. The molecule has 1 aliphatic rings. The Morgan fingerprint density at radius 2 is 1.97 bits per heavy atom. The van der Waals surface area contributed by atoms with Crippen LogP contribution in [0.1, 0.15) is 25.7 Å². The first kappa shape index (κ1) is 18.9. The number of carboxylic acid groups (broad SMARTS) is 1. The molecule has 0 spiro atoms. The minimum atomic E-state index is -1.09. The number of aliphatic carboxylic acids is 1. The maximum atomic E-state index is 13.3.